The smallest absolute Gasteiger partial charge is 0.408 e. The van der Waals surface area contributed by atoms with Crippen molar-refractivity contribution in [2.75, 3.05) is 13.1 Å². The number of nitrogens with zero attached hydrogens (tertiary/aromatic N) is 1. The van der Waals surface area contributed by atoms with Gasteiger partial charge < -0.3 is 25.6 Å². The van der Waals surface area contributed by atoms with E-state index in [0.717, 1.165) is 18.9 Å². The number of hydrogen-bond donors (Lipinski definition) is 3. The molecule has 4 amide bonds. The molecule has 0 aromatic rings. The number of likely N-dealkylation sites (tertiary alicyclic amines) is 1. The molecule has 206 valence electrons. The monoisotopic (exact) mass is 518 g/mol. The van der Waals surface area contributed by atoms with Crippen molar-refractivity contribution < 1.29 is 28.7 Å². The van der Waals surface area contributed by atoms with Gasteiger partial charge in [0.05, 0.1) is 6.04 Å². The number of hydrogen-bond acceptors (Lipinski definition) is 6. The number of ketones is 1. The zero-order valence-electron chi connectivity index (χ0n) is 22.9. The van der Waals surface area contributed by atoms with E-state index in [4.69, 9.17) is 4.74 Å². The fourth-order valence-electron chi connectivity index (χ4n) is 5.22. The van der Waals surface area contributed by atoms with Crippen molar-refractivity contribution in [2.45, 2.75) is 91.0 Å². The lowest BCUT2D eigenvalue weighted by molar-refractivity contribution is -0.143. The third-order valence-electron chi connectivity index (χ3n) is 7.86. The third-order valence-corrected chi connectivity index (χ3v) is 7.86. The molecule has 0 aromatic carbocycles. The van der Waals surface area contributed by atoms with Crippen LogP contribution >= 0.6 is 0 Å². The Bertz CT molecular complexity index is 951. The molecule has 2 saturated heterocycles. The van der Waals surface area contributed by atoms with E-state index in [9.17, 15) is 24.0 Å². The van der Waals surface area contributed by atoms with E-state index in [2.05, 4.69) is 22.5 Å². The van der Waals surface area contributed by atoms with Crippen LogP contribution in [0.1, 0.15) is 67.2 Å². The van der Waals surface area contributed by atoms with E-state index in [0.29, 0.717) is 19.5 Å². The zero-order chi connectivity index (χ0) is 27.7. The molecular weight excluding hydrogens is 476 g/mol. The summed E-state index contributed by atoms with van der Waals surface area (Å²) in [6.07, 6.45) is 2.84. The van der Waals surface area contributed by atoms with Gasteiger partial charge in [-0.05, 0) is 69.8 Å². The molecule has 0 spiro atoms. The molecule has 1 saturated carbocycles. The molecule has 0 radical (unpaired) electrons. The summed E-state index contributed by atoms with van der Waals surface area (Å²) in [7, 11) is 0. The van der Waals surface area contributed by atoms with Gasteiger partial charge in [0.1, 0.15) is 17.7 Å². The Kier molecular flexibility index (Phi) is 8.39. The second-order valence-corrected chi connectivity index (χ2v) is 12.3. The van der Waals surface area contributed by atoms with E-state index in [1.54, 1.807) is 20.8 Å². The minimum Gasteiger partial charge on any atom is -0.444 e. The Hall–Kier alpha value is -2.91. The van der Waals surface area contributed by atoms with E-state index < -0.39 is 41.1 Å². The first-order chi connectivity index (χ1) is 17.2. The molecule has 5 atom stereocenters. The van der Waals surface area contributed by atoms with Crippen molar-refractivity contribution in [3.05, 3.63) is 12.7 Å². The van der Waals surface area contributed by atoms with E-state index in [-0.39, 0.29) is 41.8 Å². The Morgan fingerprint density at radius 1 is 1.19 bits per heavy atom. The molecule has 3 rings (SSSR count). The molecule has 2 unspecified atom stereocenters. The summed E-state index contributed by atoms with van der Waals surface area (Å²) in [6, 6.07) is -2.56. The fourth-order valence-corrected chi connectivity index (χ4v) is 5.22. The van der Waals surface area contributed by atoms with Crippen LogP contribution in [0.25, 0.3) is 0 Å². The standard InChI is InChI=1S/C27H42N4O6/c1-8-19(32)18(13-17-11-12-28-22(17)33)29-23(34)21-27(6,7)15(2)14-31(21)24(35)20(16-9-10-16)30-25(36)37-26(3,4)5/h8,15-18,20-21H,1,9-14H2,2-7H3,(H,28,33)(H,29,34)(H,30,36)/t15-,17?,18+,20?,21-/m1/s1. The van der Waals surface area contributed by atoms with Gasteiger partial charge in [0, 0.05) is 19.0 Å². The minimum atomic E-state index is -0.915. The quantitative estimate of drug-likeness (QED) is 0.400. The Morgan fingerprint density at radius 2 is 1.84 bits per heavy atom. The van der Waals surface area contributed by atoms with Gasteiger partial charge in [-0.25, -0.2) is 4.79 Å². The molecule has 2 heterocycles. The maximum Gasteiger partial charge on any atom is 0.408 e. The number of carbonyl (C=O) groups is 5. The molecule has 2 aliphatic heterocycles. The topological polar surface area (TPSA) is 134 Å². The average Bonchev–Trinajstić information content (AvgIpc) is 3.50. The highest BCUT2D eigenvalue weighted by Gasteiger charge is 2.54. The number of rotatable bonds is 9. The summed E-state index contributed by atoms with van der Waals surface area (Å²) in [4.78, 5) is 66.3. The fraction of sp³-hybridized carbons (Fsp3) is 0.741. The molecule has 3 N–H and O–H groups in total. The Balaban J connectivity index is 1.81. The van der Waals surface area contributed by atoms with E-state index >= 15 is 0 Å². The predicted octanol–water partition coefficient (Wildman–Crippen LogP) is 1.93. The lowest BCUT2D eigenvalue weighted by Crippen LogP contribution is -2.58. The van der Waals surface area contributed by atoms with Crippen molar-refractivity contribution in [3.8, 4) is 0 Å². The van der Waals surface area contributed by atoms with Gasteiger partial charge in [-0.1, -0.05) is 27.4 Å². The summed E-state index contributed by atoms with van der Waals surface area (Å²) >= 11 is 0. The lowest BCUT2D eigenvalue weighted by atomic mass is 9.77. The number of carbonyl (C=O) groups excluding carboxylic acids is 5. The minimum absolute atomic E-state index is 0.0113. The van der Waals surface area contributed by atoms with Gasteiger partial charge in [0.15, 0.2) is 5.78 Å². The summed E-state index contributed by atoms with van der Waals surface area (Å²) in [6.45, 7) is 15.5. The van der Waals surface area contributed by atoms with Crippen LogP contribution in [0.15, 0.2) is 12.7 Å². The van der Waals surface area contributed by atoms with Gasteiger partial charge in [0.25, 0.3) is 0 Å². The second kappa shape index (κ2) is 10.8. The van der Waals surface area contributed by atoms with Gasteiger partial charge in [-0.15, -0.1) is 0 Å². The van der Waals surface area contributed by atoms with Crippen LogP contribution in [-0.4, -0.2) is 71.3 Å². The molecule has 3 aliphatic rings. The first-order valence-electron chi connectivity index (χ1n) is 13.2. The van der Waals surface area contributed by atoms with Gasteiger partial charge >= 0.3 is 6.09 Å². The number of nitrogens with one attached hydrogen (secondary N) is 3. The highest BCUT2D eigenvalue weighted by molar-refractivity contribution is 5.99. The maximum absolute atomic E-state index is 13.8. The van der Waals surface area contributed by atoms with Crippen LogP contribution in [0.4, 0.5) is 4.79 Å². The molecule has 37 heavy (non-hydrogen) atoms. The summed E-state index contributed by atoms with van der Waals surface area (Å²) in [5, 5.41) is 8.32. The molecule has 0 bridgehead atoms. The van der Waals surface area contributed by atoms with Gasteiger partial charge in [-0.3, -0.25) is 19.2 Å². The zero-order valence-corrected chi connectivity index (χ0v) is 22.9. The first-order valence-corrected chi connectivity index (χ1v) is 13.2. The number of alkyl carbamates (subject to hydrolysis) is 1. The normalized spacial score (nSPS) is 26.6. The summed E-state index contributed by atoms with van der Waals surface area (Å²) in [5.74, 6) is -1.69. The van der Waals surface area contributed by atoms with E-state index in [1.165, 1.54) is 4.90 Å². The second-order valence-electron chi connectivity index (χ2n) is 12.3. The molecule has 1 aliphatic carbocycles. The van der Waals surface area contributed by atoms with Crippen molar-refractivity contribution in [2.24, 2.45) is 23.2 Å². The largest absolute Gasteiger partial charge is 0.444 e. The highest BCUT2D eigenvalue weighted by atomic mass is 16.6. The van der Waals surface area contributed by atoms with Crippen molar-refractivity contribution in [1.29, 1.82) is 0 Å². The average molecular weight is 519 g/mol. The van der Waals surface area contributed by atoms with Crippen LogP contribution in [0.3, 0.4) is 0 Å². The summed E-state index contributed by atoms with van der Waals surface area (Å²) in [5.41, 5.74) is -1.30. The molecular formula is C27H42N4O6. The lowest BCUT2D eigenvalue weighted by Gasteiger charge is -2.35. The Labute approximate surface area is 219 Å². The Morgan fingerprint density at radius 3 is 2.35 bits per heavy atom. The van der Waals surface area contributed by atoms with Crippen LogP contribution in [0, 0.1) is 23.2 Å². The van der Waals surface area contributed by atoms with E-state index in [1.807, 2.05) is 20.8 Å². The maximum atomic E-state index is 13.8. The van der Waals surface area contributed by atoms with Crippen LogP contribution < -0.4 is 16.0 Å². The molecule has 10 heteroatoms. The van der Waals surface area contributed by atoms with Crippen LogP contribution in [-0.2, 0) is 23.9 Å². The highest BCUT2D eigenvalue weighted by Crippen LogP contribution is 2.43. The van der Waals surface area contributed by atoms with Gasteiger partial charge in [-0.2, -0.15) is 0 Å². The van der Waals surface area contributed by atoms with Crippen LogP contribution in [0.5, 0.6) is 0 Å². The third kappa shape index (κ3) is 6.70. The number of amides is 4. The molecule has 10 nitrogen and oxygen atoms in total. The molecule has 3 fully saturated rings. The van der Waals surface area contributed by atoms with Crippen molar-refractivity contribution in [1.82, 2.24) is 20.9 Å². The van der Waals surface area contributed by atoms with Crippen molar-refractivity contribution in [3.63, 3.8) is 0 Å². The predicted molar refractivity (Wildman–Crippen MR) is 137 cm³/mol. The number of ether oxygens (including phenoxy) is 1. The first kappa shape index (κ1) is 28.7. The van der Waals surface area contributed by atoms with Crippen LogP contribution in [0.2, 0.25) is 0 Å². The SMILES string of the molecule is C=CC(=O)[C@H](CC1CCNC1=O)NC(=O)[C@H]1N(C(=O)C(NC(=O)OC(C)(C)C)C2CC2)C[C@@H](C)C1(C)C. The van der Waals surface area contributed by atoms with Gasteiger partial charge in [0.2, 0.25) is 17.7 Å². The van der Waals surface area contributed by atoms with Crippen molar-refractivity contribution >= 4 is 29.6 Å². The molecule has 0 aromatic heterocycles. The summed E-state index contributed by atoms with van der Waals surface area (Å²) < 4.78 is 5.38.